The fraction of sp³-hybridized carbons (Fsp3) is 0.300. The lowest BCUT2D eigenvalue weighted by Gasteiger charge is -1.97. The third kappa shape index (κ3) is 1.28. The molecule has 1 aliphatic rings. The van der Waals surface area contributed by atoms with Crippen LogP contribution in [0.15, 0.2) is 29.1 Å². The normalized spacial score (nSPS) is 15.7. The first-order valence-corrected chi connectivity index (χ1v) is 4.66. The van der Waals surface area contributed by atoms with Crippen molar-refractivity contribution in [2.75, 3.05) is 0 Å². The van der Waals surface area contributed by atoms with Crippen LogP contribution in [0.3, 0.4) is 0 Å². The first kappa shape index (κ1) is 7.67. The molecule has 1 fully saturated rings. The topological polar surface area (TPSA) is 51.8 Å². The number of rotatable bonds is 2. The highest BCUT2D eigenvalue weighted by molar-refractivity contribution is 5.46. The van der Waals surface area contributed by atoms with E-state index in [-0.39, 0.29) is 0 Å². The predicted octanol–water partition coefficient (Wildman–Crippen LogP) is 2.01. The summed E-state index contributed by atoms with van der Waals surface area (Å²) in [5.41, 5.74) is 2.06. The van der Waals surface area contributed by atoms with Gasteiger partial charge in [0.1, 0.15) is 5.69 Å². The second-order valence-corrected chi connectivity index (χ2v) is 3.49. The van der Waals surface area contributed by atoms with E-state index in [0.29, 0.717) is 5.89 Å². The Hall–Kier alpha value is -1.71. The summed E-state index contributed by atoms with van der Waals surface area (Å²) in [4.78, 5) is 4.29. The maximum atomic E-state index is 5.05. The van der Waals surface area contributed by atoms with Crippen molar-refractivity contribution >= 4 is 0 Å². The summed E-state index contributed by atoms with van der Waals surface area (Å²) in [6.07, 6.45) is 5.80. The number of pyridine rings is 1. The molecule has 0 radical (unpaired) electrons. The smallest absolute Gasteiger partial charge is 0.266 e. The summed E-state index contributed by atoms with van der Waals surface area (Å²) in [5, 5.41) is 7.41. The third-order valence-electron chi connectivity index (χ3n) is 2.41. The van der Waals surface area contributed by atoms with Crippen molar-refractivity contribution in [1.82, 2.24) is 15.2 Å². The Balaban J connectivity index is 1.93. The molecule has 2 heterocycles. The molecule has 2 aromatic rings. The minimum atomic E-state index is 0.479. The van der Waals surface area contributed by atoms with Gasteiger partial charge in [0.25, 0.3) is 5.89 Å². The lowest BCUT2D eigenvalue weighted by atomic mass is 10.2. The molecule has 0 spiro atoms. The Bertz CT molecular complexity index is 417. The fourth-order valence-electron chi connectivity index (χ4n) is 1.47. The van der Waals surface area contributed by atoms with Crippen LogP contribution in [0.5, 0.6) is 0 Å². The van der Waals surface area contributed by atoms with Crippen LogP contribution in [0, 0.1) is 0 Å². The number of nitrogens with zero attached hydrogens (tertiary/aromatic N) is 3. The quantitative estimate of drug-likeness (QED) is 0.721. The van der Waals surface area contributed by atoms with Gasteiger partial charge in [-0.15, -0.1) is 10.2 Å². The van der Waals surface area contributed by atoms with Crippen molar-refractivity contribution in [2.24, 2.45) is 0 Å². The molecule has 70 valence electrons. The van der Waals surface area contributed by atoms with Gasteiger partial charge in [-0.05, 0) is 30.4 Å². The van der Waals surface area contributed by atoms with Gasteiger partial charge in [0, 0.05) is 6.20 Å². The molecule has 4 heteroatoms. The van der Waals surface area contributed by atoms with Gasteiger partial charge in [0.2, 0.25) is 6.39 Å². The summed E-state index contributed by atoms with van der Waals surface area (Å²) in [5.74, 6) is 1.21. The molecular weight excluding hydrogens is 178 g/mol. The molecule has 0 aromatic carbocycles. The Morgan fingerprint density at radius 2 is 2.21 bits per heavy atom. The average Bonchev–Trinajstić information content (AvgIpc) is 2.94. The molecule has 1 aliphatic carbocycles. The van der Waals surface area contributed by atoms with Crippen LogP contribution >= 0.6 is 0 Å². The predicted molar refractivity (Wildman–Crippen MR) is 49.5 cm³/mol. The average molecular weight is 187 g/mol. The van der Waals surface area contributed by atoms with Gasteiger partial charge < -0.3 is 4.42 Å². The van der Waals surface area contributed by atoms with Crippen LogP contribution in [0.2, 0.25) is 0 Å². The molecular formula is C10H9N3O. The van der Waals surface area contributed by atoms with E-state index in [1.54, 1.807) is 0 Å². The van der Waals surface area contributed by atoms with E-state index in [1.807, 2.05) is 12.3 Å². The van der Waals surface area contributed by atoms with Gasteiger partial charge >= 0.3 is 0 Å². The Morgan fingerprint density at radius 1 is 1.29 bits per heavy atom. The summed E-state index contributed by atoms with van der Waals surface area (Å²) >= 11 is 0. The van der Waals surface area contributed by atoms with Crippen molar-refractivity contribution in [1.29, 1.82) is 0 Å². The van der Waals surface area contributed by atoms with Crippen LogP contribution in [-0.2, 0) is 0 Å². The zero-order chi connectivity index (χ0) is 9.38. The monoisotopic (exact) mass is 187 g/mol. The molecule has 3 rings (SSSR count). The molecule has 0 amide bonds. The minimum Gasteiger partial charge on any atom is -0.422 e. The number of hydrogen-bond acceptors (Lipinski definition) is 4. The second-order valence-electron chi connectivity index (χ2n) is 3.49. The minimum absolute atomic E-state index is 0.479. The molecule has 2 aromatic heterocycles. The molecule has 1 saturated carbocycles. The molecule has 0 unspecified atom stereocenters. The largest absolute Gasteiger partial charge is 0.422 e. The summed E-state index contributed by atoms with van der Waals surface area (Å²) in [6.45, 7) is 0. The first-order valence-electron chi connectivity index (χ1n) is 4.66. The molecule has 0 bridgehead atoms. The van der Waals surface area contributed by atoms with Crippen LogP contribution in [0.1, 0.15) is 24.3 Å². The molecule has 0 aliphatic heterocycles. The van der Waals surface area contributed by atoms with Crippen LogP contribution in [0.4, 0.5) is 0 Å². The van der Waals surface area contributed by atoms with E-state index in [2.05, 4.69) is 21.2 Å². The van der Waals surface area contributed by atoms with Gasteiger partial charge in [-0.3, -0.25) is 4.98 Å². The molecule has 14 heavy (non-hydrogen) atoms. The van der Waals surface area contributed by atoms with E-state index in [1.165, 1.54) is 24.8 Å². The van der Waals surface area contributed by atoms with Crippen LogP contribution in [-0.4, -0.2) is 15.2 Å². The van der Waals surface area contributed by atoms with E-state index < -0.39 is 0 Å². The molecule has 0 atom stereocenters. The van der Waals surface area contributed by atoms with Gasteiger partial charge in [-0.2, -0.15) is 0 Å². The number of hydrogen-bond donors (Lipinski definition) is 0. The zero-order valence-corrected chi connectivity index (χ0v) is 7.55. The lowest BCUT2D eigenvalue weighted by molar-refractivity contribution is 0.566. The third-order valence-corrected chi connectivity index (χ3v) is 2.41. The standard InChI is InChI=1S/C10H9N3O/c1-2-7(1)8-3-4-9(11-5-8)10-13-12-6-14-10/h3-7H,1-2H2. The molecule has 0 saturated heterocycles. The Morgan fingerprint density at radius 3 is 2.79 bits per heavy atom. The summed E-state index contributed by atoms with van der Waals surface area (Å²) in [6, 6.07) is 4.02. The van der Waals surface area contributed by atoms with Crippen LogP contribution in [0.25, 0.3) is 11.6 Å². The van der Waals surface area contributed by atoms with Crippen molar-refractivity contribution in [3.63, 3.8) is 0 Å². The van der Waals surface area contributed by atoms with Crippen LogP contribution < -0.4 is 0 Å². The highest BCUT2D eigenvalue weighted by Crippen LogP contribution is 2.39. The van der Waals surface area contributed by atoms with Gasteiger partial charge in [-0.1, -0.05) is 6.07 Å². The lowest BCUT2D eigenvalue weighted by Crippen LogP contribution is -1.86. The maximum absolute atomic E-state index is 5.05. The summed E-state index contributed by atoms with van der Waals surface area (Å²) < 4.78 is 5.05. The highest BCUT2D eigenvalue weighted by Gasteiger charge is 2.23. The van der Waals surface area contributed by atoms with E-state index in [9.17, 15) is 0 Å². The van der Waals surface area contributed by atoms with E-state index >= 15 is 0 Å². The SMILES string of the molecule is c1nnc(-c2ccc(C3CC3)cn2)o1. The molecule has 4 nitrogen and oxygen atoms in total. The van der Waals surface area contributed by atoms with Gasteiger partial charge in [0.05, 0.1) is 0 Å². The Kier molecular flexibility index (Phi) is 1.59. The fourth-order valence-corrected chi connectivity index (χ4v) is 1.47. The van der Waals surface area contributed by atoms with E-state index in [0.717, 1.165) is 11.6 Å². The Labute approximate surface area is 81.0 Å². The van der Waals surface area contributed by atoms with Gasteiger partial charge in [0.15, 0.2) is 0 Å². The maximum Gasteiger partial charge on any atom is 0.266 e. The second kappa shape index (κ2) is 2.90. The molecule has 0 N–H and O–H groups in total. The van der Waals surface area contributed by atoms with Gasteiger partial charge in [-0.25, -0.2) is 0 Å². The van der Waals surface area contributed by atoms with E-state index in [4.69, 9.17) is 4.42 Å². The summed E-state index contributed by atoms with van der Waals surface area (Å²) in [7, 11) is 0. The van der Waals surface area contributed by atoms with Crippen molar-refractivity contribution in [3.05, 3.63) is 30.3 Å². The first-order chi connectivity index (χ1) is 6.93. The number of aromatic nitrogens is 3. The zero-order valence-electron chi connectivity index (χ0n) is 7.55. The van der Waals surface area contributed by atoms with Crippen molar-refractivity contribution < 1.29 is 4.42 Å². The highest BCUT2D eigenvalue weighted by atomic mass is 16.4. The van der Waals surface area contributed by atoms with Crippen molar-refractivity contribution in [2.45, 2.75) is 18.8 Å². The van der Waals surface area contributed by atoms with Crippen molar-refractivity contribution in [3.8, 4) is 11.6 Å².